The molecule has 0 saturated carbocycles. The summed E-state index contributed by atoms with van der Waals surface area (Å²) in [6.07, 6.45) is 0.887. The standard InChI is InChI=1S/C15H16O4.C6H4/c1-3-12-14(9(2)16)11-5-4-6-13(15(11)19-12)18-8-10-7-17-10;1-2-6-4-3-5(1)6/h4-6,10H,3,7-8H2,1-2H3;1-4H. The number of ether oxygens (including phenoxy) is 2. The van der Waals surface area contributed by atoms with Crippen LogP contribution in [0.15, 0.2) is 46.9 Å². The van der Waals surface area contributed by atoms with Gasteiger partial charge in [-0.25, -0.2) is 0 Å². The topological polar surface area (TPSA) is 52.0 Å². The van der Waals surface area contributed by atoms with Crippen molar-refractivity contribution in [1.82, 2.24) is 0 Å². The summed E-state index contributed by atoms with van der Waals surface area (Å²) in [6.45, 7) is 4.82. The van der Waals surface area contributed by atoms with E-state index in [-0.39, 0.29) is 11.9 Å². The number of ketones is 1. The molecule has 1 atom stereocenters. The highest BCUT2D eigenvalue weighted by Crippen LogP contribution is 2.34. The lowest BCUT2D eigenvalue weighted by Crippen LogP contribution is -2.04. The van der Waals surface area contributed by atoms with Crippen molar-refractivity contribution < 1.29 is 18.7 Å². The molecule has 4 nitrogen and oxygen atoms in total. The summed E-state index contributed by atoms with van der Waals surface area (Å²) in [4.78, 5) is 11.8. The summed E-state index contributed by atoms with van der Waals surface area (Å²) in [6, 6.07) is 14.1. The van der Waals surface area contributed by atoms with Gasteiger partial charge in [-0.1, -0.05) is 43.3 Å². The first-order valence-corrected chi connectivity index (χ1v) is 8.57. The van der Waals surface area contributed by atoms with Gasteiger partial charge in [-0.3, -0.25) is 4.79 Å². The van der Waals surface area contributed by atoms with Crippen molar-refractivity contribution in [3.8, 4) is 16.9 Å². The summed E-state index contributed by atoms with van der Waals surface area (Å²) in [5.74, 6) is 1.43. The SMILES string of the molecule is CCc1oc2c(OCC3CO3)cccc2c1C(C)=O.c1cc2ccc1-2. The zero-order chi connectivity index (χ0) is 17.4. The molecular weight excluding hydrogens is 316 g/mol. The van der Waals surface area contributed by atoms with E-state index in [2.05, 4.69) is 24.3 Å². The van der Waals surface area contributed by atoms with Gasteiger partial charge in [0.05, 0.1) is 12.2 Å². The van der Waals surface area contributed by atoms with Crippen LogP contribution in [0.4, 0.5) is 0 Å². The van der Waals surface area contributed by atoms with E-state index in [0.29, 0.717) is 29.9 Å². The molecule has 1 aromatic carbocycles. The Labute approximate surface area is 146 Å². The van der Waals surface area contributed by atoms with E-state index in [0.717, 1.165) is 17.8 Å². The molecule has 1 fully saturated rings. The van der Waals surface area contributed by atoms with E-state index in [9.17, 15) is 4.79 Å². The Morgan fingerprint density at radius 2 is 1.84 bits per heavy atom. The Kier molecular flexibility index (Phi) is 4.06. The highest BCUT2D eigenvalue weighted by Gasteiger charge is 2.24. The van der Waals surface area contributed by atoms with Gasteiger partial charge in [-0.05, 0) is 24.1 Å². The number of hydrogen-bond donors (Lipinski definition) is 0. The maximum Gasteiger partial charge on any atom is 0.176 e. The minimum Gasteiger partial charge on any atom is -0.487 e. The second kappa shape index (κ2) is 6.37. The van der Waals surface area contributed by atoms with Gasteiger partial charge in [0.1, 0.15) is 18.5 Å². The number of hydrogen-bond acceptors (Lipinski definition) is 4. The lowest BCUT2D eigenvalue weighted by molar-refractivity contribution is 0.101. The quantitative estimate of drug-likeness (QED) is 0.393. The Bertz CT molecular complexity index is 896. The molecule has 4 heteroatoms. The molecule has 128 valence electrons. The molecule has 2 aromatic rings. The first kappa shape index (κ1) is 15.9. The van der Waals surface area contributed by atoms with Gasteiger partial charge >= 0.3 is 0 Å². The van der Waals surface area contributed by atoms with E-state index in [1.54, 1.807) is 6.92 Å². The third-order valence-electron chi connectivity index (χ3n) is 4.47. The number of benzene rings is 2. The van der Waals surface area contributed by atoms with E-state index >= 15 is 0 Å². The summed E-state index contributed by atoms with van der Waals surface area (Å²) in [5, 5.41) is 0.832. The number of fused-ring (bicyclic) bond motifs is 2. The second-order valence-corrected chi connectivity index (χ2v) is 6.29. The third kappa shape index (κ3) is 3.05. The Morgan fingerprint density at radius 3 is 2.32 bits per heavy atom. The maximum absolute atomic E-state index is 11.8. The van der Waals surface area contributed by atoms with Gasteiger partial charge in [0.2, 0.25) is 0 Å². The van der Waals surface area contributed by atoms with Gasteiger partial charge in [0.15, 0.2) is 17.1 Å². The molecule has 0 N–H and O–H groups in total. The van der Waals surface area contributed by atoms with Gasteiger partial charge in [0, 0.05) is 11.8 Å². The number of furan rings is 1. The molecule has 0 amide bonds. The lowest BCUT2D eigenvalue weighted by atomic mass is 9.95. The maximum atomic E-state index is 11.8. The van der Waals surface area contributed by atoms with Crippen LogP contribution in [0, 0.1) is 0 Å². The molecule has 0 radical (unpaired) electrons. The number of Topliss-reactive ketones (excluding diaryl/α,β-unsaturated/α-hetero) is 1. The summed E-state index contributed by atoms with van der Waals surface area (Å²) >= 11 is 0. The summed E-state index contributed by atoms with van der Waals surface area (Å²) < 4.78 is 16.6. The number of para-hydroxylation sites is 1. The average Bonchev–Trinajstić information content (AvgIpc) is 3.34. The number of epoxide rings is 1. The van der Waals surface area contributed by atoms with Crippen LogP contribution in [-0.2, 0) is 11.2 Å². The van der Waals surface area contributed by atoms with Crippen LogP contribution in [0.5, 0.6) is 5.75 Å². The Morgan fingerprint density at radius 1 is 1.16 bits per heavy atom. The first-order chi connectivity index (χ1) is 12.2. The molecule has 2 heterocycles. The van der Waals surface area contributed by atoms with Crippen LogP contribution < -0.4 is 4.74 Å². The molecule has 1 saturated heterocycles. The van der Waals surface area contributed by atoms with E-state index in [4.69, 9.17) is 13.9 Å². The predicted molar refractivity (Wildman–Crippen MR) is 96.3 cm³/mol. The van der Waals surface area contributed by atoms with Gasteiger partial charge < -0.3 is 13.9 Å². The number of rotatable bonds is 5. The molecule has 1 aliphatic heterocycles. The fourth-order valence-electron chi connectivity index (χ4n) is 2.90. The summed E-state index contributed by atoms with van der Waals surface area (Å²) in [5.41, 5.74) is 4.18. The van der Waals surface area contributed by atoms with Gasteiger partial charge in [-0.2, -0.15) is 0 Å². The zero-order valence-electron chi connectivity index (χ0n) is 14.4. The van der Waals surface area contributed by atoms with Crippen LogP contribution in [0.2, 0.25) is 0 Å². The molecule has 3 aliphatic rings. The van der Waals surface area contributed by atoms with E-state index in [1.165, 1.54) is 11.1 Å². The summed E-state index contributed by atoms with van der Waals surface area (Å²) in [7, 11) is 0. The molecule has 1 aromatic heterocycles. The van der Waals surface area contributed by atoms with Gasteiger partial charge in [0.25, 0.3) is 0 Å². The van der Waals surface area contributed by atoms with Crippen molar-refractivity contribution in [2.24, 2.45) is 0 Å². The van der Waals surface area contributed by atoms with E-state index in [1.807, 2.05) is 25.1 Å². The average molecular weight is 336 g/mol. The van der Waals surface area contributed by atoms with Crippen LogP contribution in [0.1, 0.15) is 30.0 Å². The molecule has 0 spiro atoms. The highest BCUT2D eigenvalue weighted by atomic mass is 16.6. The largest absolute Gasteiger partial charge is 0.487 e. The molecule has 2 aliphatic carbocycles. The first-order valence-electron chi connectivity index (χ1n) is 8.57. The Balaban J connectivity index is 0.000000217. The second-order valence-electron chi connectivity index (χ2n) is 6.29. The third-order valence-corrected chi connectivity index (χ3v) is 4.47. The minimum atomic E-state index is 0.0262. The smallest absolute Gasteiger partial charge is 0.176 e. The number of aryl methyl sites for hydroxylation is 1. The normalized spacial score (nSPS) is 16.2. The fourth-order valence-corrected chi connectivity index (χ4v) is 2.90. The number of carbonyl (C=O) groups excluding carboxylic acids is 1. The van der Waals surface area contributed by atoms with Crippen molar-refractivity contribution in [2.45, 2.75) is 26.4 Å². The van der Waals surface area contributed by atoms with Crippen molar-refractivity contribution in [3.05, 3.63) is 53.8 Å². The Hall–Kier alpha value is -2.59. The highest BCUT2D eigenvalue weighted by molar-refractivity contribution is 6.08. The van der Waals surface area contributed by atoms with E-state index < -0.39 is 0 Å². The van der Waals surface area contributed by atoms with Gasteiger partial charge in [-0.15, -0.1) is 0 Å². The van der Waals surface area contributed by atoms with Crippen molar-refractivity contribution in [3.63, 3.8) is 0 Å². The van der Waals surface area contributed by atoms with Crippen LogP contribution >= 0.6 is 0 Å². The van der Waals surface area contributed by atoms with Crippen molar-refractivity contribution >= 4 is 16.8 Å². The zero-order valence-corrected chi connectivity index (χ0v) is 14.4. The monoisotopic (exact) mass is 336 g/mol. The number of carbonyl (C=O) groups is 1. The molecule has 1 unspecified atom stereocenters. The molecule has 25 heavy (non-hydrogen) atoms. The van der Waals surface area contributed by atoms with Crippen LogP contribution in [0.25, 0.3) is 22.1 Å². The lowest BCUT2D eigenvalue weighted by Gasteiger charge is -2.10. The van der Waals surface area contributed by atoms with Crippen LogP contribution in [0.3, 0.4) is 0 Å². The molecule has 5 rings (SSSR count). The van der Waals surface area contributed by atoms with Crippen LogP contribution in [-0.4, -0.2) is 25.1 Å². The van der Waals surface area contributed by atoms with Crippen molar-refractivity contribution in [2.75, 3.05) is 13.2 Å². The van der Waals surface area contributed by atoms with Crippen molar-refractivity contribution in [1.29, 1.82) is 0 Å². The molecular formula is C21H20O4. The predicted octanol–water partition coefficient (Wildman–Crippen LogP) is 4.64. The minimum absolute atomic E-state index is 0.0262. The fraction of sp³-hybridized carbons (Fsp3) is 0.286. The molecule has 0 bridgehead atoms.